The maximum absolute atomic E-state index is 12.7. The van der Waals surface area contributed by atoms with Crippen molar-refractivity contribution in [3.05, 3.63) is 29.8 Å². The molecule has 1 aliphatic rings. The number of urea groups is 1. The second-order valence-electron chi connectivity index (χ2n) is 5.70. The van der Waals surface area contributed by atoms with E-state index in [2.05, 4.69) is 5.32 Å². The first kappa shape index (κ1) is 20.5. The number of anilines is 1. The lowest BCUT2D eigenvalue weighted by molar-refractivity contribution is -0.137. The van der Waals surface area contributed by atoms with E-state index in [1.165, 1.54) is 28.4 Å². The zero-order chi connectivity index (χ0) is 19.4. The summed E-state index contributed by atoms with van der Waals surface area (Å²) >= 11 is 0. The summed E-state index contributed by atoms with van der Waals surface area (Å²) in [5.41, 5.74) is -0.829. The molecule has 0 radical (unpaired) electrons. The van der Waals surface area contributed by atoms with Crippen LogP contribution in [0.15, 0.2) is 24.3 Å². The van der Waals surface area contributed by atoms with E-state index >= 15 is 0 Å². The number of ether oxygens (including phenoxy) is 1. The molecule has 0 saturated carbocycles. The normalized spacial score (nSPS) is 16.5. The van der Waals surface area contributed by atoms with Crippen LogP contribution in [0, 0.1) is 0 Å². The third kappa shape index (κ3) is 5.32. The Hall–Kier alpha value is -1.85. The van der Waals surface area contributed by atoms with Gasteiger partial charge in [-0.15, -0.1) is 0 Å². The number of sulfonamides is 1. The van der Waals surface area contributed by atoms with Crippen molar-refractivity contribution in [1.29, 1.82) is 0 Å². The number of nitrogens with zero attached hydrogens (tertiary/aromatic N) is 2. The number of carbonyl (C=O) groups is 1. The number of hydrogen-bond donors (Lipinski definition) is 1. The first-order chi connectivity index (χ1) is 12.1. The number of rotatable bonds is 5. The minimum atomic E-state index is -4.50. The third-order valence-electron chi connectivity index (χ3n) is 3.91. The van der Waals surface area contributed by atoms with Crippen molar-refractivity contribution >= 4 is 21.7 Å². The van der Waals surface area contributed by atoms with Crippen LogP contribution >= 0.6 is 0 Å². The van der Waals surface area contributed by atoms with Crippen molar-refractivity contribution in [3.8, 4) is 0 Å². The van der Waals surface area contributed by atoms with Crippen LogP contribution < -0.4 is 5.32 Å². The summed E-state index contributed by atoms with van der Waals surface area (Å²) in [4.78, 5) is 13.6. The molecule has 1 saturated heterocycles. The van der Waals surface area contributed by atoms with E-state index in [9.17, 15) is 26.4 Å². The van der Waals surface area contributed by atoms with Crippen molar-refractivity contribution in [3.63, 3.8) is 0 Å². The molecule has 1 aliphatic heterocycles. The Labute approximate surface area is 149 Å². The van der Waals surface area contributed by atoms with Crippen molar-refractivity contribution < 1.29 is 31.1 Å². The van der Waals surface area contributed by atoms with Crippen LogP contribution in [0.2, 0.25) is 0 Å². The Morgan fingerprint density at radius 1 is 1.23 bits per heavy atom. The molecule has 0 unspecified atom stereocenters. The zero-order valence-corrected chi connectivity index (χ0v) is 14.9. The minimum Gasteiger partial charge on any atom is -0.384 e. The lowest BCUT2D eigenvalue weighted by atomic mass is 10.2. The highest BCUT2D eigenvalue weighted by Gasteiger charge is 2.31. The average molecular weight is 395 g/mol. The van der Waals surface area contributed by atoms with Crippen molar-refractivity contribution in [2.45, 2.75) is 6.18 Å². The molecule has 1 N–H and O–H groups in total. The van der Waals surface area contributed by atoms with Crippen LogP contribution in [-0.4, -0.2) is 69.3 Å². The highest BCUT2D eigenvalue weighted by atomic mass is 32.2. The monoisotopic (exact) mass is 395 g/mol. The van der Waals surface area contributed by atoms with Gasteiger partial charge in [0.2, 0.25) is 10.0 Å². The van der Waals surface area contributed by atoms with Gasteiger partial charge in [-0.05, 0) is 18.2 Å². The predicted octanol–water partition coefficient (Wildman–Crippen LogP) is 1.83. The molecule has 0 atom stereocenters. The molecule has 0 aliphatic carbocycles. The molecule has 2 rings (SSSR count). The Balaban J connectivity index is 1.93. The second kappa shape index (κ2) is 8.23. The lowest BCUT2D eigenvalue weighted by Gasteiger charge is -2.34. The van der Waals surface area contributed by atoms with Crippen LogP contribution in [0.4, 0.5) is 23.7 Å². The fourth-order valence-electron chi connectivity index (χ4n) is 2.46. The molecule has 26 heavy (non-hydrogen) atoms. The molecule has 0 aromatic heterocycles. The Kier molecular flexibility index (Phi) is 6.48. The molecule has 2 amide bonds. The number of hydrogen-bond acceptors (Lipinski definition) is 4. The molecular formula is C15H20F3N3O4S. The van der Waals surface area contributed by atoms with E-state index in [1.807, 2.05) is 0 Å². The average Bonchev–Trinajstić information content (AvgIpc) is 2.59. The van der Waals surface area contributed by atoms with E-state index < -0.39 is 27.8 Å². The molecule has 1 heterocycles. The molecule has 1 fully saturated rings. The van der Waals surface area contributed by atoms with E-state index in [4.69, 9.17) is 4.74 Å². The summed E-state index contributed by atoms with van der Waals surface area (Å²) in [6, 6.07) is 3.76. The van der Waals surface area contributed by atoms with Gasteiger partial charge in [-0.25, -0.2) is 13.2 Å². The molecule has 1 aromatic carbocycles. The van der Waals surface area contributed by atoms with Crippen LogP contribution in [0.3, 0.4) is 0 Å². The van der Waals surface area contributed by atoms with Gasteiger partial charge >= 0.3 is 12.2 Å². The van der Waals surface area contributed by atoms with Gasteiger partial charge in [0.15, 0.2) is 0 Å². The van der Waals surface area contributed by atoms with Gasteiger partial charge < -0.3 is 15.0 Å². The second-order valence-corrected chi connectivity index (χ2v) is 7.79. The maximum atomic E-state index is 12.7. The Bertz CT molecular complexity index is 732. The van der Waals surface area contributed by atoms with E-state index in [0.29, 0.717) is 0 Å². The molecule has 11 heteroatoms. The SMILES string of the molecule is COCCS(=O)(=O)N1CCN(C(=O)Nc2cccc(C(F)(F)F)c2)CC1. The first-order valence-electron chi connectivity index (χ1n) is 7.83. The van der Waals surface area contributed by atoms with Gasteiger partial charge in [0.05, 0.1) is 17.9 Å². The summed E-state index contributed by atoms with van der Waals surface area (Å²) in [6.07, 6.45) is -4.50. The summed E-state index contributed by atoms with van der Waals surface area (Å²) in [7, 11) is -2.04. The smallest absolute Gasteiger partial charge is 0.384 e. The Morgan fingerprint density at radius 3 is 2.46 bits per heavy atom. The fourth-order valence-corrected chi connectivity index (χ4v) is 3.82. The number of amides is 2. The summed E-state index contributed by atoms with van der Waals surface area (Å²) < 4.78 is 68.3. The number of carbonyl (C=O) groups excluding carboxylic acids is 1. The largest absolute Gasteiger partial charge is 0.416 e. The summed E-state index contributed by atoms with van der Waals surface area (Å²) in [5, 5.41) is 2.41. The van der Waals surface area contributed by atoms with Gasteiger partial charge in [0.25, 0.3) is 0 Å². The minimum absolute atomic E-state index is 0.0278. The molecule has 1 aromatic rings. The van der Waals surface area contributed by atoms with E-state index in [0.717, 1.165) is 12.1 Å². The molecule has 0 bridgehead atoms. The third-order valence-corrected chi connectivity index (χ3v) is 5.74. The van der Waals surface area contributed by atoms with Crippen molar-refractivity contribution in [2.24, 2.45) is 0 Å². The van der Waals surface area contributed by atoms with Crippen LogP contribution in [0.1, 0.15) is 5.56 Å². The lowest BCUT2D eigenvalue weighted by Crippen LogP contribution is -2.52. The zero-order valence-electron chi connectivity index (χ0n) is 14.1. The number of nitrogens with one attached hydrogen (secondary N) is 1. The van der Waals surface area contributed by atoms with Gasteiger partial charge in [-0.3, -0.25) is 0 Å². The van der Waals surface area contributed by atoms with Crippen molar-refractivity contribution in [1.82, 2.24) is 9.21 Å². The molecule has 146 valence electrons. The highest BCUT2D eigenvalue weighted by molar-refractivity contribution is 7.89. The number of piperazine rings is 1. The number of halogens is 3. The van der Waals surface area contributed by atoms with Crippen LogP contribution in [0.25, 0.3) is 0 Å². The standard InChI is InChI=1S/C15H20F3N3O4S/c1-25-9-10-26(23,24)21-7-5-20(6-8-21)14(22)19-13-4-2-3-12(11-13)15(16,17)18/h2-4,11H,5-10H2,1H3,(H,19,22). The molecule has 0 spiro atoms. The first-order valence-corrected chi connectivity index (χ1v) is 9.44. The summed E-state index contributed by atoms with van der Waals surface area (Å²) in [5.74, 6) is -0.139. The van der Waals surface area contributed by atoms with E-state index in [-0.39, 0.29) is 44.2 Å². The number of alkyl halides is 3. The molecule has 7 nitrogen and oxygen atoms in total. The van der Waals surface area contributed by atoms with Gasteiger partial charge in [-0.2, -0.15) is 17.5 Å². The summed E-state index contributed by atoms with van der Waals surface area (Å²) in [6.45, 7) is 0.636. The van der Waals surface area contributed by atoms with Crippen molar-refractivity contribution in [2.75, 3.05) is 51.0 Å². The maximum Gasteiger partial charge on any atom is 0.416 e. The predicted molar refractivity (Wildman–Crippen MR) is 89.3 cm³/mol. The molecular weight excluding hydrogens is 375 g/mol. The fraction of sp³-hybridized carbons (Fsp3) is 0.533. The highest BCUT2D eigenvalue weighted by Crippen LogP contribution is 2.30. The quantitative estimate of drug-likeness (QED) is 0.825. The number of methoxy groups -OCH3 is 1. The number of benzene rings is 1. The van der Waals surface area contributed by atoms with Crippen LogP contribution in [-0.2, 0) is 20.9 Å². The Morgan fingerprint density at radius 2 is 1.88 bits per heavy atom. The van der Waals surface area contributed by atoms with Gasteiger partial charge in [-0.1, -0.05) is 6.07 Å². The van der Waals surface area contributed by atoms with Crippen LogP contribution in [0.5, 0.6) is 0 Å². The van der Waals surface area contributed by atoms with Gasteiger partial charge in [0, 0.05) is 39.0 Å². The van der Waals surface area contributed by atoms with E-state index in [1.54, 1.807) is 0 Å². The topological polar surface area (TPSA) is 79.0 Å². The van der Waals surface area contributed by atoms with Gasteiger partial charge in [0.1, 0.15) is 0 Å².